The minimum atomic E-state index is -0.504. The third kappa shape index (κ3) is 3.45. The summed E-state index contributed by atoms with van der Waals surface area (Å²) in [6, 6.07) is 9.89. The lowest BCUT2D eigenvalue weighted by molar-refractivity contribution is -0.117. The number of halogens is 1. The van der Waals surface area contributed by atoms with E-state index in [0.29, 0.717) is 22.4 Å². The van der Waals surface area contributed by atoms with E-state index < -0.39 is 17.6 Å². The number of primary amides is 1. The van der Waals surface area contributed by atoms with E-state index >= 15 is 0 Å². The van der Waals surface area contributed by atoms with E-state index in [9.17, 15) is 14.0 Å². The van der Waals surface area contributed by atoms with Gasteiger partial charge in [0.25, 0.3) is 5.91 Å². The Bertz CT molecular complexity index is 900. The minimum absolute atomic E-state index is 0.0364. The van der Waals surface area contributed by atoms with E-state index in [4.69, 9.17) is 5.73 Å². The van der Waals surface area contributed by atoms with Gasteiger partial charge in [-0.3, -0.25) is 9.59 Å². The molecule has 3 aromatic rings. The van der Waals surface area contributed by atoms with Crippen LogP contribution in [-0.2, 0) is 4.79 Å². The zero-order valence-electron chi connectivity index (χ0n) is 13.3. The molecule has 0 saturated heterocycles. The minimum Gasteiger partial charge on any atom is -0.370 e. The van der Waals surface area contributed by atoms with Crippen molar-refractivity contribution in [3.63, 3.8) is 0 Å². The molecule has 0 aliphatic rings. The zero-order chi connectivity index (χ0) is 17.8. The number of hydrogen-bond donors (Lipinski definition) is 4. The monoisotopic (exact) mass is 340 g/mol. The summed E-state index contributed by atoms with van der Waals surface area (Å²) in [4.78, 5) is 29.4. The third-order valence-electron chi connectivity index (χ3n) is 3.79. The normalized spacial score (nSPS) is 10.6. The van der Waals surface area contributed by atoms with E-state index in [1.54, 1.807) is 24.4 Å². The van der Waals surface area contributed by atoms with Crippen LogP contribution >= 0.6 is 0 Å². The predicted octanol–water partition coefficient (Wildman–Crippen LogP) is 2.42. The van der Waals surface area contributed by atoms with Crippen molar-refractivity contribution in [1.29, 1.82) is 0 Å². The Hall–Kier alpha value is -3.35. The fourth-order valence-corrected chi connectivity index (χ4v) is 2.64. The average molecular weight is 340 g/mol. The van der Waals surface area contributed by atoms with Crippen LogP contribution in [0.4, 0.5) is 4.39 Å². The molecule has 1 aromatic carbocycles. The molecule has 3 rings (SSSR count). The number of nitrogens with one attached hydrogen (secondary N) is 3. The first-order valence-corrected chi connectivity index (χ1v) is 7.74. The molecule has 25 heavy (non-hydrogen) atoms. The Morgan fingerprint density at radius 1 is 1.12 bits per heavy atom. The molecular weight excluding hydrogens is 323 g/mol. The highest BCUT2D eigenvalue weighted by Gasteiger charge is 2.22. The van der Waals surface area contributed by atoms with Crippen molar-refractivity contribution in [2.45, 2.75) is 6.42 Å². The van der Waals surface area contributed by atoms with E-state index in [1.807, 2.05) is 12.1 Å². The van der Waals surface area contributed by atoms with Crippen LogP contribution in [0.15, 0.2) is 48.8 Å². The van der Waals surface area contributed by atoms with Crippen molar-refractivity contribution in [3.05, 3.63) is 60.2 Å². The van der Waals surface area contributed by atoms with Gasteiger partial charge in [0.2, 0.25) is 5.91 Å². The quantitative estimate of drug-likeness (QED) is 0.553. The second-order valence-electron chi connectivity index (χ2n) is 5.49. The summed E-state index contributed by atoms with van der Waals surface area (Å²) in [6.07, 6.45) is 3.31. The van der Waals surface area contributed by atoms with Crippen molar-refractivity contribution >= 4 is 11.8 Å². The van der Waals surface area contributed by atoms with Gasteiger partial charge in [-0.05, 0) is 18.2 Å². The third-order valence-corrected chi connectivity index (χ3v) is 3.79. The molecule has 7 heteroatoms. The molecule has 2 amide bonds. The molecule has 128 valence electrons. The van der Waals surface area contributed by atoms with Gasteiger partial charge in [0.05, 0.1) is 17.0 Å². The Kier molecular flexibility index (Phi) is 4.65. The molecule has 2 heterocycles. The number of amides is 2. The van der Waals surface area contributed by atoms with Crippen LogP contribution in [0.2, 0.25) is 0 Å². The molecular formula is C18H17FN4O2. The number of carbonyl (C=O) groups is 2. The number of rotatable bonds is 6. The van der Waals surface area contributed by atoms with Crippen LogP contribution in [0.1, 0.15) is 16.8 Å². The zero-order valence-corrected chi connectivity index (χ0v) is 13.3. The first-order valence-electron chi connectivity index (χ1n) is 7.74. The molecule has 6 nitrogen and oxygen atoms in total. The Balaban J connectivity index is 2.03. The Morgan fingerprint density at radius 3 is 2.60 bits per heavy atom. The topological polar surface area (TPSA) is 104 Å². The highest BCUT2D eigenvalue weighted by atomic mass is 19.1. The van der Waals surface area contributed by atoms with Gasteiger partial charge >= 0.3 is 0 Å². The maximum absolute atomic E-state index is 14.4. The standard InChI is InChI=1S/C18H17FN4O2/c19-13-5-2-1-4-11(13)16-12(18(25)22-9-7-15(20)24)10-23-17(16)14-6-3-8-21-14/h1-6,8,10,21,23H,7,9H2,(H2,20,24)(H,22,25). The molecule has 0 saturated carbocycles. The van der Waals surface area contributed by atoms with Gasteiger partial charge in [-0.2, -0.15) is 0 Å². The Morgan fingerprint density at radius 2 is 1.92 bits per heavy atom. The molecule has 0 bridgehead atoms. The molecule has 0 aliphatic heterocycles. The first kappa shape index (κ1) is 16.5. The van der Waals surface area contributed by atoms with Gasteiger partial charge in [-0.25, -0.2) is 4.39 Å². The molecule has 0 atom stereocenters. The van der Waals surface area contributed by atoms with Crippen LogP contribution in [0, 0.1) is 5.82 Å². The summed E-state index contributed by atoms with van der Waals surface area (Å²) < 4.78 is 14.4. The molecule has 0 spiro atoms. The van der Waals surface area contributed by atoms with Crippen molar-refractivity contribution in [2.75, 3.05) is 6.54 Å². The smallest absolute Gasteiger partial charge is 0.253 e. The molecule has 0 radical (unpaired) electrons. The van der Waals surface area contributed by atoms with Gasteiger partial charge < -0.3 is 21.0 Å². The van der Waals surface area contributed by atoms with Gasteiger partial charge in [0.15, 0.2) is 0 Å². The number of aromatic nitrogens is 2. The maximum atomic E-state index is 14.4. The summed E-state index contributed by atoms with van der Waals surface area (Å²) >= 11 is 0. The lowest BCUT2D eigenvalue weighted by Crippen LogP contribution is -2.28. The second-order valence-corrected chi connectivity index (χ2v) is 5.49. The fourth-order valence-electron chi connectivity index (χ4n) is 2.64. The van der Waals surface area contributed by atoms with Gasteiger partial charge in [0.1, 0.15) is 5.82 Å². The molecule has 0 unspecified atom stereocenters. The van der Waals surface area contributed by atoms with Crippen LogP contribution in [0.3, 0.4) is 0 Å². The Labute approximate surface area is 143 Å². The summed E-state index contributed by atoms with van der Waals surface area (Å²) in [6.45, 7) is 0.119. The molecule has 2 aromatic heterocycles. The lowest BCUT2D eigenvalue weighted by atomic mass is 9.99. The van der Waals surface area contributed by atoms with Crippen molar-refractivity contribution in [2.24, 2.45) is 5.73 Å². The van der Waals surface area contributed by atoms with E-state index in [0.717, 1.165) is 5.69 Å². The fraction of sp³-hybridized carbons (Fsp3) is 0.111. The molecule has 0 aliphatic carbocycles. The molecule has 5 N–H and O–H groups in total. The number of nitrogens with two attached hydrogens (primary N) is 1. The number of aromatic amines is 2. The largest absolute Gasteiger partial charge is 0.370 e. The SMILES string of the molecule is NC(=O)CCNC(=O)c1c[nH]c(-c2ccc[nH]2)c1-c1ccccc1F. The van der Waals surface area contributed by atoms with Crippen LogP contribution in [0.5, 0.6) is 0 Å². The average Bonchev–Trinajstić information content (AvgIpc) is 3.24. The highest BCUT2D eigenvalue weighted by molar-refractivity contribution is 6.04. The van der Waals surface area contributed by atoms with Crippen molar-refractivity contribution in [1.82, 2.24) is 15.3 Å². The van der Waals surface area contributed by atoms with Crippen molar-refractivity contribution < 1.29 is 14.0 Å². The summed E-state index contributed by atoms with van der Waals surface area (Å²) in [5.41, 5.74) is 7.47. The number of hydrogen-bond acceptors (Lipinski definition) is 2. The van der Waals surface area contributed by atoms with Crippen LogP contribution in [-0.4, -0.2) is 28.3 Å². The van der Waals surface area contributed by atoms with Gasteiger partial charge in [-0.15, -0.1) is 0 Å². The molecule has 0 fully saturated rings. The van der Waals surface area contributed by atoms with E-state index in [1.165, 1.54) is 12.3 Å². The van der Waals surface area contributed by atoms with Gasteiger partial charge in [0, 0.05) is 36.5 Å². The summed E-state index contributed by atoms with van der Waals surface area (Å²) in [5.74, 6) is -1.34. The summed E-state index contributed by atoms with van der Waals surface area (Å²) in [5, 5.41) is 2.63. The van der Waals surface area contributed by atoms with Gasteiger partial charge in [-0.1, -0.05) is 18.2 Å². The van der Waals surface area contributed by atoms with Crippen molar-refractivity contribution in [3.8, 4) is 22.5 Å². The second kappa shape index (κ2) is 7.04. The number of carbonyl (C=O) groups excluding carboxylic acids is 2. The maximum Gasteiger partial charge on any atom is 0.253 e. The first-order chi connectivity index (χ1) is 12.1. The van der Waals surface area contributed by atoms with Crippen LogP contribution in [0.25, 0.3) is 22.5 Å². The highest BCUT2D eigenvalue weighted by Crippen LogP contribution is 2.35. The summed E-state index contributed by atoms with van der Waals surface area (Å²) in [7, 11) is 0. The lowest BCUT2D eigenvalue weighted by Gasteiger charge is -2.09. The van der Waals surface area contributed by atoms with Crippen LogP contribution < -0.4 is 11.1 Å². The number of H-pyrrole nitrogens is 2. The number of benzene rings is 1. The van der Waals surface area contributed by atoms with E-state index in [2.05, 4.69) is 15.3 Å². The predicted molar refractivity (Wildman–Crippen MR) is 92.1 cm³/mol. The van der Waals surface area contributed by atoms with E-state index in [-0.39, 0.29) is 13.0 Å².